The zero-order valence-corrected chi connectivity index (χ0v) is 14.1. The van der Waals surface area contributed by atoms with E-state index >= 15 is 0 Å². The van der Waals surface area contributed by atoms with E-state index in [4.69, 9.17) is 28.9 Å². The Kier molecular flexibility index (Phi) is 4.59. The molecule has 0 radical (unpaired) electrons. The molecule has 0 bridgehead atoms. The summed E-state index contributed by atoms with van der Waals surface area (Å²) in [7, 11) is 0. The Labute approximate surface area is 143 Å². The molecule has 1 aliphatic heterocycles. The van der Waals surface area contributed by atoms with Gasteiger partial charge in [0.2, 0.25) is 0 Å². The quantitative estimate of drug-likeness (QED) is 0.879. The normalized spacial score (nSPS) is 18.7. The summed E-state index contributed by atoms with van der Waals surface area (Å²) in [5, 5.41) is 3.22. The molecule has 0 spiro atoms. The molecular weight excluding hydrogens is 339 g/mol. The van der Waals surface area contributed by atoms with Crippen molar-refractivity contribution in [3.63, 3.8) is 0 Å². The molecule has 0 aliphatic carbocycles. The second-order valence-corrected chi connectivity index (χ2v) is 6.71. The van der Waals surface area contributed by atoms with Gasteiger partial charge in [-0.1, -0.05) is 29.3 Å². The third kappa shape index (κ3) is 2.94. The Balaban J connectivity index is 2.00. The van der Waals surface area contributed by atoms with Crippen molar-refractivity contribution in [2.24, 2.45) is 5.73 Å². The van der Waals surface area contributed by atoms with E-state index in [2.05, 4.69) is 9.97 Å². The fourth-order valence-electron chi connectivity index (χ4n) is 2.22. The average molecular weight is 353 g/mol. The Morgan fingerprint density at radius 3 is 2.68 bits per heavy atom. The summed E-state index contributed by atoms with van der Waals surface area (Å²) in [5.74, 6) is 0.768. The van der Waals surface area contributed by atoms with E-state index in [-0.39, 0.29) is 11.4 Å². The van der Waals surface area contributed by atoms with Crippen molar-refractivity contribution in [1.29, 1.82) is 0 Å². The number of nitrogens with zero attached hydrogens (tertiary/aromatic N) is 3. The van der Waals surface area contributed by atoms with Gasteiger partial charge in [0, 0.05) is 33.9 Å². The van der Waals surface area contributed by atoms with Crippen LogP contribution in [0.1, 0.15) is 29.6 Å². The van der Waals surface area contributed by atoms with Crippen LogP contribution in [0, 0.1) is 0 Å². The zero-order chi connectivity index (χ0) is 15.7. The molecule has 0 fully saturated rings. The maximum atomic E-state index is 6.34. The van der Waals surface area contributed by atoms with Gasteiger partial charge in [0.15, 0.2) is 0 Å². The van der Waals surface area contributed by atoms with E-state index in [0.717, 1.165) is 17.1 Å². The molecule has 2 heterocycles. The summed E-state index contributed by atoms with van der Waals surface area (Å²) >= 11 is 14.3. The molecule has 1 aromatic heterocycles. The summed E-state index contributed by atoms with van der Waals surface area (Å²) < 4.78 is 0. The topological polar surface area (TPSA) is 55.0 Å². The van der Waals surface area contributed by atoms with Crippen LogP contribution in [-0.4, -0.2) is 9.97 Å². The number of halogens is 2. The van der Waals surface area contributed by atoms with Gasteiger partial charge < -0.3 is 10.6 Å². The molecule has 2 N–H and O–H groups in total. The first-order valence-electron chi connectivity index (χ1n) is 6.70. The standard InChI is InChI=1S/C15H14Cl2N4S/c1-9(18)12-7-13(20-8-19-12)21-5-6-22-15(21)14-10(16)3-2-4-11(14)17/h2-9,15H,18H2,1H3/t9?,15-/m1/s1. The van der Waals surface area contributed by atoms with E-state index in [1.165, 1.54) is 6.33 Å². The number of nitrogens with two attached hydrogens (primary N) is 1. The van der Waals surface area contributed by atoms with E-state index in [9.17, 15) is 0 Å². The first kappa shape index (κ1) is 15.6. The Hall–Kier alpha value is -1.27. The number of benzene rings is 1. The van der Waals surface area contributed by atoms with Gasteiger partial charge in [0.1, 0.15) is 17.5 Å². The van der Waals surface area contributed by atoms with Crippen LogP contribution in [-0.2, 0) is 0 Å². The van der Waals surface area contributed by atoms with Gasteiger partial charge in [0.05, 0.1) is 5.69 Å². The van der Waals surface area contributed by atoms with Crippen molar-refractivity contribution in [1.82, 2.24) is 9.97 Å². The molecule has 1 aromatic carbocycles. The number of aromatic nitrogens is 2. The molecule has 1 aliphatic rings. The average Bonchev–Trinajstić information content (AvgIpc) is 2.96. The fourth-order valence-corrected chi connectivity index (χ4v) is 4.00. The molecule has 2 aromatic rings. The molecule has 1 unspecified atom stereocenters. The molecule has 0 saturated heterocycles. The van der Waals surface area contributed by atoms with Gasteiger partial charge in [0.25, 0.3) is 0 Å². The second-order valence-electron chi connectivity index (χ2n) is 4.91. The molecule has 114 valence electrons. The van der Waals surface area contributed by atoms with Gasteiger partial charge >= 0.3 is 0 Å². The number of anilines is 1. The molecule has 22 heavy (non-hydrogen) atoms. The highest BCUT2D eigenvalue weighted by Crippen LogP contribution is 2.46. The first-order chi connectivity index (χ1) is 10.6. The minimum Gasteiger partial charge on any atom is -0.323 e. The third-order valence-electron chi connectivity index (χ3n) is 3.33. The minimum atomic E-state index is -0.150. The summed E-state index contributed by atoms with van der Waals surface area (Å²) in [6.07, 6.45) is 3.48. The maximum Gasteiger partial charge on any atom is 0.137 e. The molecule has 0 saturated carbocycles. The number of hydrogen-bond acceptors (Lipinski definition) is 5. The molecular formula is C15H14Cl2N4S. The van der Waals surface area contributed by atoms with Crippen LogP contribution in [0.25, 0.3) is 0 Å². The Morgan fingerprint density at radius 2 is 2.00 bits per heavy atom. The lowest BCUT2D eigenvalue weighted by Crippen LogP contribution is -2.20. The van der Waals surface area contributed by atoms with E-state index in [1.54, 1.807) is 11.8 Å². The Morgan fingerprint density at radius 1 is 1.27 bits per heavy atom. The van der Waals surface area contributed by atoms with E-state index in [1.807, 2.05) is 47.7 Å². The molecule has 7 heteroatoms. The predicted molar refractivity (Wildman–Crippen MR) is 93.0 cm³/mol. The lowest BCUT2D eigenvalue weighted by Gasteiger charge is -2.26. The second kappa shape index (κ2) is 6.46. The fraction of sp³-hybridized carbons (Fsp3) is 0.200. The zero-order valence-electron chi connectivity index (χ0n) is 11.8. The van der Waals surface area contributed by atoms with Crippen molar-refractivity contribution >= 4 is 40.8 Å². The van der Waals surface area contributed by atoms with Crippen LogP contribution in [0.2, 0.25) is 10.0 Å². The van der Waals surface area contributed by atoms with Gasteiger partial charge in [-0.05, 0) is 24.5 Å². The van der Waals surface area contributed by atoms with Gasteiger partial charge in [-0.2, -0.15) is 0 Å². The smallest absolute Gasteiger partial charge is 0.137 e. The van der Waals surface area contributed by atoms with Crippen LogP contribution < -0.4 is 10.6 Å². The van der Waals surface area contributed by atoms with Crippen LogP contribution in [0.3, 0.4) is 0 Å². The monoisotopic (exact) mass is 352 g/mol. The van der Waals surface area contributed by atoms with Gasteiger partial charge in [-0.15, -0.1) is 11.8 Å². The SMILES string of the molecule is CC(N)c1cc(N2C=CS[C@@H]2c2c(Cl)cccc2Cl)ncn1. The highest BCUT2D eigenvalue weighted by Gasteiger charge is 2.28. The maximum absolute atomic E-state index is 6.34. The van der Waals surface area contributed by atoms with Crippen molar-refractivity contribution < 1.29 is 0 Å². The van der Waals surface area contributed by atoms with Gasteiger partial charge in [-0.25, -0.2) is 9.97 Å². The van der Waals surface area contributed by atoms with Crippen molar-refractivity contribution in [2.75, 3.05) is 4.90 Å². The summed E-state index contributed by atoms with van der Waals surface area (Å²) in [6.45, 7) is 1.89. The van der Waals surface area contributed by atoms with Crippen LogP contribution in [0.5, 0.6) is 0 Å². The molecule has 4 nitrogen and oxygen atoms in total. The van der Waals surface area contributed by atoms with Crippen molar-refractivity contribution in [3.8, 4) is 0 Å². The van der Waals surface area contributed by atoms with Gasteiger partial charge in [-0.3, -0.25) is 0 Å². The van der Waals surface area contributed by atoms with E-state index < -0.39 is 0 Å². The predicted octanol–water partition coefficient (Wildman–Crippen LogP) is 4.53. The summed E-state index contributed by atoms with van der Waals surface area (Å²) in [5.41, 5.74) is 7.57. The van der Waals surface area contributed by atoms with Crippen LogP contribution in [0.15, 0.2) is 42.2 Å². The number of hydrogen-bond donors (Lipinski definition) is 1. The molecule has 0 amide bonds. The highest BCUT2D eigenvalue weighted by molar-refractivity contribution is 8.02. The lowest BCUT2D eigenvalue weighted by atomic mass is 10.2. The van der Waals surface area contributed by atoms with E-state index in [0.29, 0.717) is 10.0 Å². The summed E-state index contributed by atoms with van der Waals surface area (Å²) in [4.78, 5) is 10.6. The summed E-state index contributed by atoms with van der Waals surface area (Å²) in [6, 6.07) is 7.26. The lowest BCUT2D eigenvalue weighted by molar-refractivity contribution is 0.770. The number of rotatable bonds is 3. The highest BCUT2D eigenvalue weighted by atomic mass is 35.5. The first-order valence-corrected chi connectivity index (χ1v) is 8.39. The molecule has 2 atom stereocenters. The molecule has 3 rings (SSSR count). The Bertz CT molecular complexity index is 700. The van der Waals surface area contributed by atoms with Crippen LogP contribution >= 0.6 is 35.0 Å². The number of thioether (sulfide) groups is 1. The minimum absolute atomic E-state index is 0.0583. The largest absolute Gasteiger partial charge is 0.323 e. The van der Waals surface area contributed by atoms with Crippen molar-refractivity contribution in [2.45, 2.75) is 18.3 Å². The third-order valence-corrected chi connectivity index (χ3v) is 4.99. The van der Waals surface area contributed by atoms with Crippen LogP contribution in [0.4, 0.5) is 5.82 Å². The van der Waals surface area contributed by atoms with Crippen molar-refractivity contribution in [3.05, 3.63) is 63.5 Å².